The Morgan fingerprint density at radius 3 is 2.73 bits per heavy atom. The molecule has 0 N–H and O–H groups in total. The summed E-state index contributed by atoms with van der Waals surface area (Å²) in [6.45, 7) is 1.98. The Bertz CT molecular complexity index is 545. The van der Waals surface area contributed by atoms with Crippen LogP contribution < -0.4 is 5.56 Å². The molecule has 0 unspecified atom stereocenters. The van der Waals surface area contributed by atoms with Crippen LogP contribution in [0.3, 0.4) is 0 Å². The minimum atomic E-state index is 0.00241. The number of halogens is 1. The van der Waals surface area contributed by atoms with Crippen LogP contribution >= 0.6 is 22.6 Å². The molecule has 1 heterocycles. The molecule has 0 aliphatic heterocycles. The first-order chi connectivity index (χ1) is 7.16. The lowest BCUT2D eigenvalue weighted by molar-refractivity contribution is 0.975. The second-order valence-corrected chi connectivity index (χ2v) is 4.64. The lowest BCUT2D eigenvalue weighted by atomic mass is 10.3. The first-order valence-corrected chi connectivity index (χ1v) is 5.70. The number of hydrogen-bond donors (Lipinski definition) is 0. The monoisotopic (exact) mass is 311 g/mol. The van der Waals surface area contributed by atoms with Gasteiger partial charge in [0.05, 0.1) is 0 Å². The maximum atomic E-state index is 11.6. The van der Waals surface area contributed by atoms with Crippen molar-refractivity contribution in [2.75, 3.05) is 0 Å². The molecule has 0 saturated heterocycles. The summed E-state index contributed by atoms with van der Waals surface area (Å²) in [7, 11) is 0. The van der Waals surface area contributed by atoms with Gasteiger partial charge in [0, 0.05) is 21.5 Å². The zero-order valence-electron chi connectivity index (χ0n) is 8.27. The highest BCUT2D eigenvalue weighted by Crippen LogP contribution is 2.11. The van der Waals surface area contributed by atoms with Crippen LogP contribution in [0.15, 0.2) is 47.4 Å². The van der Waals surface area contributed by atoms with Crippen molar-refractivity contribution in [1.82, 2.24) is 4.57 Å². The van der Waals surface area contributed by atoms with Gasteiger partial charge in [-0.05, 0) is 53.3 Å². The summed E-state index contributed by atoms with van der Waals surface area (Å²) < 4.78 is 2.79. The average molecular weight is 311 g/mol. The van der Waals surface area contributed by atoms with Crippen LogP contribution in [0.4, 0.5) is 0 Å². The lowest BCUT2D eigenvalue weighted by Crippen LogP contribution is -2.16. The molecule has 0 saturated carbocycles. The second kappa shape index (κ2) is 4.18. The topological polar surface area (TPSA) is 22.0 Å². The Morgan fingerprint density at radius 2 is 2.00 bits per heavy atom. The van der Waals surface area contributed by atoms with Crippen LogP contribution in [0.5, 0.6) is 0 Å². The summed E-state index contributed by atoms with van der Waals surface area (Å²) in [6, 6.07) is 11.3. The highest BCUT2D eigenvalue weighted by Gasteiger charge is 1.99. The molecular weight excluding hydrogens is 301 g/mol. The molecule has 0 bridgehead atoms. The first-order valence-electron chi connectivity index (χ1n) is 4.62. The van der Waals surface area contributed by atoms with E-state index in [2.05, 4.69) is 22.6 Å². The van der Waals surface area contributed by atoms with Gasteiger partial charge in [0.1, 0.15) is 0 Å². The van der Waals surface area contributed by atoms with Crippen LogP contribution in [-0.2, 0) is 0 Å². The van der Waals surface area contributed by atoms with Crippen LogP contribution in [0.2, 0.25) is 0 Å². The van der Waals surface area contributed by atoms with Crippen LogP contribution in [0, 0.1) is 10.5 Å². The summed E-state index contributed by atoms with van der Waals surface area (Å²) >= 11 is 2.24. The minimum absolute atomic E-state index is 0.00241. The molecule has 0 fully saturated rings. The maximum Gasteiger partial charge on any atom is 0.255 e. The van der Waals surface area contributed by atoms with E-state index in [4.69, 9.17) is 0 Å². The Kier molecular flexibility index (Phi) is 2.90. The number of aromatic nitrogens is 1. The van der Waals surface area contributed by atoms with E-state index in [9.17, 15) is 4.79 Å². The SMILES string of the molecule is Cc1ccc(=O)n(-c2cccc(I)c2)c1. The van der Waals surface area contributed by atoms with Crippen molar-refractivity contribution in [1.29, 1.82) is 0 Å². The van der Waals surface area contributed by atoms with Gasteiger partial charge in [0.15, 0.2) is 0 Å². The fraction of sp³-hybridized carbons (Fsp3) is 0.0833. The van der Waals surface area contributed by atoms with Crippen molar-refractivity contribution in [3.8, 4) is 5.69 Å². The van der Waals surface area contributed by atoms with E-state index in [0.29, 0.717) is 0 Å². The van der Waals surface area contributed by atoms with E-state index in [1.54, 1.807) is 10.6 Å². The second-order valence-electron chi connectivity index (χ2n) is 3.39. The van der Waals surface area contributed by atoms with E-state index in [1.807, 2.05) is 43.5 Å². The van der Waals surface area contributed by atoms with Crippen molar-refractivity contribution < 1.29 is 0 Å². The lowest BCUT2D eigenvalue weighted by Gasteiger charge is -2.06. The Hall–Kier alpha value is -1.10. The van der Waals surface area contributed by atoms with Crippen molar-refractivity contribution >= 4 is 22.6 Å². The van der Waals surface area contributed by atoms with Gasteiger partial charge in [-0.3, -0.25) is 9.36 Å². The van der Waals surface area contributed by atoms with Gasteiger partial charge < -0.3 is 0 Å². The minimum Gasteiger partial charge on any atom is -0.284 e. The van der Waals surface area contributed by atoms with Crippen molar-refractivity contribution in [3.05, 3.63) is 62.1 Å². The molecule has 0 radical (unpaired) electrons. The van der Waals surface area contributed by atoms with Gasteiger partial charge in [-0.2, -0.15) is 0 Å². The summed E-state index contributed by atoms with van der Waals surface area (Å²) in [4.78, 5) is 11.6. The molecule has 1 aromatic carbocycles. The maximum absolute atomic E-state index is 11.6. The zero-order chi connectivity index (χ0) is 10.8. The summed E-state index contributed by atoms with van der Waals surface area (Å²) in [5.41, 5.74) is 1.99. The molecule has 0 atom stereocenters. The van der Waals surface area contributed by atoms with Gasteiger partial charge in [-0.25, -0.2) is 0 Å². The summed E-state index contributed by atoms with van der Waals surface area (Å²) in [5, 5.41) is 0. The fourth-order valence-electron chi connectivity index (χ4n) is 1.42. The number of pyridine rings is 1. The molecule has 0 aliphatic rings. The highest BCUT2D eigenvalue weighted by molar-refractivity contribution is 14.1. The number of rotatable bonds is 1. The summed E-state index contributed by atoms with van der Waals surface area (Å²) in [5.74, 6) is 0. The molecule has 3 heteroatoms. The molecule has 76 valence electrons. The molecule has 2 rings (SSSR count). The van der Waals surface area contributed by atoms with Crippen LogP contribution in [-0.4, -0.2) is 4.57 Å². The van der Waals surface area contributed by atoms with Gasteiger partial charge >= 0.3 is 0 Å². The van der Waals surface area contributed by atoms with E-state index in [1.165, 1.54) is 0 Å². The van der Waals surface area contributed by atoms with Crippen molar-refractivity contribution in [2.24, 2.45) is 0 Å². The predicted molar refractivity (Wildman–Crippen MR) is 69.5 cm³/mol. The van der Waals surface area contributed by atoms with Crippen LogP contribution in [0.25, 0.3) is 5.69 Å². The molecule has 0 aliphatic carbocycles. The van der Waals surface area contributed by atoms with E-state index < -0.39 is 0 Å². The molecule has 1 aromatic heterocycles. The number of benzene rings is 1. The molecule has 0 amide bonds. The average Bonchev–Trinajstić information content (AvgIpc) is 2.22. The van der Waals surface area contributed by atoms with Crippen LogP contribution in [0.1, 0.15) is 5.56 Å². The molecule has 15 heavy (non-hydrogen) atoms. The van der Waals surface area contributed by atoms with E-state index >= 15 is 0 Å². The van der Waals surface area contributed by atoms with Crippen molar-refractivity contribution in [2.45, 2.75) is 6.92 Å². The Morgan fingerprint density at radius 1 is 1.20 bits per heavy atom. The fourth-order valence-corrected chi connectivity index (χ4v) is 1.95. The number of hydrogen-bond acceptors (Lipinski definition) is 1. The normalized spacial score (nSPS) is 10.3. The van der Waals surface area contributed by atoms with Gasteiger partial charge in [-0.15, -0.1) is 0 Å². The van der Waals surface area contributed by atoms with Gasteiger partial charge in [0.2, 0.25) is 0 Å². The van der Waals surface area contributed by atoms with Crippen molar-refractivity contribution in [3.63, 3.8) is 0 Å². The Labute approximate surface area is 102 Å². The smallest absolute Gasteiger partial charge is 0.255 e. The largest absolute Gasteiger partial charge is 0.284 e. The quantitative estimate of drug-likeness (QED) is 0.742. The third-order valence-electron chi connectivity index (χ3n) is 2.15. The first kappa shape index (κ1) is 10.4. The highest BCUT2D eigenvalue weighted by atomic mass is 127. The Balaban J connectivity index is 2.63. The van der Waals surface area contributed by atoms with Gasteiger partial charge in [0.25, 0.3) is 5.56 Å². The third kappa shape index (κ3) is 2.28. The molecule has 2 nitrogen and oxygen atoms in total. The number of aryl methyl sites for hydroxylation is 1. The predicted octanol–water partition coefficient (Wildman–Crippen LogP) is 2.75. The molecular formula is C12H10INO. The van der Waals surface area contributed by atoms with Gasteiger partial charge in [-0.1, -0.05) is 12.1 Å². The summed E-state index contributed by atoms with van der Waals surface area (Å²) in [6.07, 6.45) is 1.85. The van der Waals surface area contributed by atoms with E-state index in [0.717, 1.165) is 14.8 Å². The number of nitrogens with zero attached hydrogens (tertiary/aromatic N) is 1. The zero-order valence-corrected chi connectivity index (χ0v) is 10.4. The standard InChI is InChI=1S/C12H10INO/c1-9-5-6-12(15)14(8-9)11-4-2-3-10(13)7-11/h2-8H,1H3. The van der Waals surface area contributed by atoms with E-state index in [-0.39, 0.29) is 5.56 Å². The molecule has 2 aromatic rings. The molecule has 0 spiro atoms. The third-order valence-corrected chi connectivity index (χ3v) is 2.82.